The summed E-state index contributed by atoms with van der Waals surface area (Å²) in [6.45, 7) is 6.78. The second-order valence-electron chi connectivity index (χ2n) is 10.9. The molecule has 2 rings (SSSR count). The van der Waals surface area contributed by atoms with Gasteiger partial charge in [0, 0.05) is 6.54 Å². The summed E-state index contributed by atoms with van der Waals surface area (Å²) in [5, 5.41) is 3.10. The number of hydrogen-bond donors (Lipinski definition) is 1. The number of esters is 2. The molecule has 1 unspecified atom stereocenters. The summed E-state index contributed by atoms with van der Waals surface area (Å²) in [5.74, 6) is -3.01. The average Bonchev–Trinajstić information content (AvgIpc) is 2.88. The molecule has 0 aromatic heterocycles. The fraction of sp³-hybridized carbons (Fsp3) is 0.643. The summed E-state index contributed by atoms with van der Waals surface area (Å²) in [6.07, 6.45) is 1.41. The second-order valence-corrected chi connectivity index (χ2v) is 13.4. The number of nitrogens with zero attached hydrogens (tertiary/aromatic N) is 1. The molecule has 40 heavy (non-hydrogen) atoms. The zero-order valence-electron chi connectivity index (χ0n) is 23.6. The number of unbranched alkanes of at least 4 members (excludes halogenated alkanes) is 2. The predicted molar refractivity (Wildman–Crippen MR) is 153 cm³/mol. The van der Waals surface area contributed by atoms with Crippen LogP contribution in [0.25, 0.3) is 0 Å². The Bertz CT molecular complexity index is 1010. The third kappa shape index (κ3) is 10.5. The number of rotatable bonds is 11. The Hall–Kier alpha value is -1.91. The number of alkyl halides is 3. The van der Waals surface area contributed by atoms with Crippen molar-refractivity contribution >= 4 is 58.7 Å². The van der Waals surface area contributed by atoms with Crippen LogP contribution in [0.3, 0.4) is 0 Å². The lowest BCUT2D eigenvalue weighted by molar-refractivity contribution is -0.806. The number of benzene rings is 1. The lowest BCUT2D eigenvalue weighted by Gasteiger charge is -2.42. The molecule has 1 fully saturated rings. The van der Waals surface area contributed by atoms with Gasteiger partial charge in [-0.15, -0.1) is 4.48 Å². The molecule has 0 bridgehead atoms. The van der Waals surface area contributed by atoms with Crippen molar-refractivity contribution in [2.75, 3.05) is 26.2 Å². The largest absolute Gasteiger partial charge is 0.524 e. The first-order chi connectivity index (χ1) is 18.7. The van der Waals surface area contributed by atoms with Crippen LogP contribution in [-0.4, -0.2) is 70.1 Å². The highest BCUT2D eigenvalue weighted by atomic mass is 35.6. The van der Waals surface area contributed by atoms with Gasteiger partial charge < -0.3 is 19.5 Å². The number of nitrogens with one attached hydrogen (secondary N) is 1. The normalized spacial score (nSPS) is 20.3. The maximum Gasteiger partial charge on any atom is 0.524 e. The van der Waals surface area contributed by atoms with Crippen LogP contribution in [0.5, 0.6) is 0 Å². The van der Waals surface area contributed by atoms with Crippen molar-refractivity contribution in [1.82, 2.24) is 5.32 Å². The Labute approximate surface area is 251 Å². The van der Waals surface area contributed by atoms with Crippen molar-refractivity contribution in [2.45, 2.75) is 81.8 Å². The fourth-order valence-corrected chi connectivity index (χ4v) is 4.68. The third-order valence-electron chi connectivity index (χ3n) is 6.43. The first-order valence-corrected chi connectivity index (χ1v) is 14.6. The van der Waals surface area contributed by atoms with Gasteiger partial charge >= 0.3 is 23.9 Å². The van der Waals surface area contributed by atoms with Crippen molar-refractivity contribution in [3.63, 3.8) is 0 Å². The van der Waals surface area contributed by atoms with Crippen molar-refractivity contribution in [2.24, 2.45) is 5.92 Å². The van der Waals surface area contributed by atoms with Gasteiger partial charge in [-0.3, -0.25) is 4.79 Å². The van der Waals surface area contributed by atoms with Gasteiger partial charge in [0.15, 0.2) is 0 Å². The van der Waals surface area contributed by atoms with Crippen molar-refractivity contribution in [1.29, 1.82) is 0 Å². The highest BCUT2D eigenvalue weighted by molar-refractivity contribution is 6.67. The number of imide groups is 1. The lowest BCUT2D eigenvalue weighted by Crippen LogP contribution is -2.74. The van der Waals surface area contributed by atoms with E-state index >= 15 is 0 Å². The first kappa shape index (κ1) is 34.3. The van der Waals surface area contributed by atoms with E-state index in [0.717, 1.165) is 18.4 Å². The minimum atomic E-state index is -1.81. The van der Waals surface area contributed by atoms with E-state index in [1.165, 1.54) is 0 Å². The highest BCUT2D eigenvalue weighted by Crippen LogP contribution is 2.31. The van der Waals surface area contributed by atoms with E-state index in [1.807, 2.05) is 25.1 Å². The van der Waals surface area contributed by atoms with Gasteiger partial charge in [0.1, 0.15) is 25.4 Å². The molecule has 0 spiro atoms. The molecule has 0 saturated carbocycles. The molecule has 3 atom stereocenters. The Morgan fingerprint density at radius 3 is 2.33 bits per heavy atom. The van der Waals surface area contributed by atoms with Crippen LogP contribution in [0.15, 0.2) is 30.3 Å². The molecule has 9 nitrogen and oxygen atoms in total. The second kappa shape index (κ2) is 15.4. The molecule has 2 amide bonds. The summed E-state index contributed by atoms with van der Waals surface area (Å²) in [5.41, 5.74) is -0.178. The van der Waals surface area contributed by atoms with Crippen LogP contribution in [0.1, 0.15) is 65.4 Å². The molecular formula is C28H40Cl3N2O7+. The van der Waals surface area contributed by atoms with Crippen LogP contribution in [0.4, 0.5) is 4.79 Å². The standard InChI is InChI=1S/C28H40Cl3N2O7/c1-5-6-8-13-21(16-23(34)39-19-28(29,30)31)24(35)33(26(37)40-27(2,3)4)15-14-32-17-22(33)25(36)38-18-20-11-9-7-10-12-20/h7,9-12,21-22,32H,5-6,8,13-19H2,1-4H3/q+1/t21-,22?,33-/m1/s1. The van der Waals surface area contributed by atoms with Gasteiger partial charge in [-0.25, -0.2) is 9.59 Å². The SMILES string of the molecule is CCCCC[C@H](CC(=O)OCC(Cl)(Cl)Cl)C(=O)[N@@+]1(C(=O)OC(C)(C)C)CCNCC1C(=O)OCc1ccccc1. The zero-order chi connectivity index (χ0) is 30.0. The maximum atomic E-state index is 14.4. The maximum absolute atomic E-state index is 14.4. The van der Waals surface area contributed by atoms with Gasteiger partial charge in [-0.1, -0.05) is 91.3 Å². The molecule has 1 aromatic carbocycles. The zero-order valence-corrected chi connectivity index (χ0v) is 25.8. The van der Waals surface area contributed by atoms with E-state index in [9.17, 15) is 19.2 Å². The number of ether oxygens (including phenoxy) is 3. The van der Waals surface area contributed by atoms with Crippen molar-refractivity contribution in [3.05, 3.63) is 35.9 Å². The van der Waals surface area contributed by atoms with E-state index in [2.05, 4.69) is 5.32 Å². The van der Waals surface area contributed by atoms with Gasteiger partial charge in [-0.05, 0) is 32.8 Å². The van der Waals surface area contributed by atoms with Gasteiger partial charge in [0.25, 0.3) is 0 Å². The lowest BCUT2D eigenvalue weighted by atomic mass is 9.93. The van der Waals surface area contributed by atoms with Gasteiger partial charge in [-0.2, -0.15) is 4.79 Å². The van der Waals surface area contributed by atoms with E-state index in [0.29, 0.717) is 12.8 Å². The molecule has 224 valence electrons. The number of piperazine rings is 1. The number of carbonyl (C=O) groups is 4. The van der Waals surface area contributed by atoms with Crippen LogP contribution >= 0.6 is 34.8 Å². The van der Waals surface area contributed by atoms with E-state index in [-0.39, 0.29) is 32.7 Å². The molecule has 1 N–H and O–H groups in total. The Balaban J connectivity index is 2.44. The summed E-state index contributed by atoms with van der Waals surface area (Å²) in [6, 6.07) is 7.87. The summed E-state index contributed by atoms with van der Waals surface area (Å²) in [4.78, 5) is 54.5. The van der Waals surface area contributed by atoms with E-state index < -0.39 is 56.4 Å². The molecule has 12 heteroatoms. The summed E-state index contributed by atoms with van der Waals surface area (Å²) < 4.78 is 13.7. The molecule has 0 aliphatic carbocycles. The van der Waals surface area contributed by atoms with Gasteiger partial charge in [0.05, 0.1) is 18.9 Å². The quantitative estimate of drug-likeness (QED) is 0.114. The van der Waals surface area contributed by atoms with Crippen LogP contribution in [0, 0.1) is 5.92 Å². The Morgan fingerprint density at radius 1 is 1.05 bits per heavy atom. The average molecular weight is 623 g/mol. The Morgan fingerprint density at radius 2 is 1.73 bits per heavy atom. The molecule has 1 heterocycles. The topological polar surface area (TPSA) is 108 Å². The third-order valence-corrected chi connectivity index (χ3v) is 6.76. The van der Waals surface area contributed by atoms with Gasteiger partial charge in [0.2, 0.25) is 9.83 Å². The first-order valence-electron chi connectivity index (χ1n) is 13.5. The van der Waals surface area contributed by atoms with Crippen LogP contribution in [-0.2, 0) is 35.2 Å². The predicted octanol–water partition coefficient (Wildman–Crippen LogP) is 5.48. The summed E-state index contributed by atoms with van der Waals surface area (Å²) in [7, 11) is 0. The molecule has 0 radical (unpaired) electrons. The number of quaternary nitrogens is 1. The Kier molecular flexibility index (Phi) is 13.2. The molecule has 1 aliphatic heterocycles. The summed E-state index contributed by atoms with van der Waals surface area (Å²) >= 11 is 17.2. The number of amides is 2. The van der Waals surface area contributed by atoms with Crippen molar-refractivity contribution < 1.29 is 37.9 Å². The monoisotopic (exact) mass is 621 g/mol. The minimum absolute atomic E-state index is 0.0119. The van der Waals surface area contributed by atoms with Crippen LogP contribution in [0.2, 0.25) is 0 Å². The fourth-order valence-electron chi connectivity index (χ4n) is 4.51. The number of hydrogen-bond acceptors (Lipinski definition) is 8. The number of carbonyl (C=O) groups excluding carboxylic acids is 4. The smallest absolute Gasteiger partial charge is 0.461 e. The minimum Gasteiger partial charge on any atom is -0.461 e. The highest BCUT2D eigenvalue weighted by Gasteiger charge is 2.60. The molecule has 1 aromatic rings. The molecular weight excluding hydrogens is 583 g/mol. The van der Waals surface area contributed by atoms with E-state index in [4.69, 9.17) is 49.0 Å². The molecule has 1 aliphatic rings. The molecule has 1 saturated heterocycles. The number of halogens is 3. The van der Waals surface area contributed by atoms with E-state index in [1.54, 1.807) is 32.9 Å². The van der Waals surface area contributed by atoms with Crippen molar-refractivity contribution in [3.8, 4) is 0 Å². The van der Waals surface area contributed by atoms with Crippen LogP contribution < -0.4 is 5.32 Å².